The Morgan fingerprint density at radius 2 is 1.41 bits per heavy atom. The zero-order valence-electron chi connectivity index (χ0n) is 17.8. The molecule has 32 heavy (non-hydrogen) atoms. The van der Waals surface area contributed by atoms with Crippen LogP contribution in [0.2, 0.25) is 0 Å². The number of hydrogen-bond donors (Lipinski definition) is 0. The van der Waals surface area contributed by atoms with E-state index >= 15 is 0 Å². The van der Waals surface area contributed by atoms with Gasteiger partial charge in [-0.25, -0.2) is 9.59 Å². The number of allylic oxidation sites excluding steroid dienone is 3. The van der Waals surface area contributed by atoms with Crippen LogP contribution in [-0.4, -0.2) is 25.3 Å². The van der Waals surface area contributed by atoms with E-state index in [9.17, 15) is 9.59 Å². The van der Waals surface area contributed by atoms with Crippen LogP contribution in [0.15, 0.2) is 105 Å². The molecule has 0 bridgehead atoms. The molecule has 6 nitrogen and oxygen atoms in total. The Labute approximate surface area is 187 Å². The van der Waals surface area contributed by atoms with Gasteiger partial charge in [0.1, 0.15) is 23.6 Å². The van der Waals surface area contributed by atoms with Gasteiger partial charge in [-0.1, -0.05) is 44.5 Å². The summed E-state index contributed by atoms with van der Waals surface area (Å²) in [5.74, 6) is -0.276. The number of aldehydes is 1. The van der Waals surface area contributed by atoms with Gasteiger partial charge in [0.2, 0.25) is 0 Å². The molecule has 0 saturated heterocycles. The molecular weight excluding hydrogens is 408 g/mol. The highest BCUT2D eigenvalue weighted by Gasteiger charge is 2.02. The molecular formula is C26H24O6. The number of carbonyl (C=O) groups is 3. The van der Waals surface area contributed by atoms with E-state index in [-0.39, 0.29) is 11.5 Å². The normalized spacial score (nSPS) is 10.0. The molecule has 0 heterocycles. The summed E-state index contributed by atoms with van der Waals surface area (Å²) in [4.78, 5) is 32.0. The van der Waals surface area contributed by atoms with Gasteiger partial charge in [-0.15, -0.1) is 0 Å². The maximum atomic E-state index is 11.9. The summed E-state index contributed by atoms with van der Waals surface area (Å²) >= 11 is 0. The minimum Gasteiger partial charge on any atom is -0.497 e. The number of methoxy groups -OCH3 is 1. The molecule has 0 radical (unpaired) electrons. The van der Waals surface area contributed by atoms with E-state index in [1.807, 2.05) is 36.4 Å². The topological polar surface area (TPSA) is 78.9 Å². The smallest absolute Gasteiger partial charge is 0.336 e. The first-order valence-electron chi connectivity index (χ1n) is 9.27. The van der Waals surface area contributed by atoms with Crippen LogP contribution < -0.4 is 4.74 Å². The second-order valence-corrected chi connectivity index (χ2v) is 5.99. The summed E-state index contributed by atoms with van der Waals surface area (Å²) in [6.45, 7) is 13.5. The Kier molecular flexibility index (Phi) is 11.0. The molecule has 0 unspecified atom stereocenters. The molecule has 0 spiro atoms. The second kappa shape index (κ2) is 13.7. The highest BCUT2D eigenvalue weighted by atomic mass is 16.5. The van der Waals surface area contributed by atoms with Gasteiger partial charge in [0.15, 0.2) is 0 Å². The molecule has 0 aliphatic rings. The van der Waals surface area contributed by atoms with Gasteiger partial charge in [-0.2, -0.15) is 0 Å². The second-order valence-electron chi connectivity index (χ2n) is 5.99. The highest BCUT2D eigenvalue weighted by molar-refractivity contribution is 5.90. The van der Waals surface area contributed by atoms with Crippen LogP contribution in [0.3, 0.4) is 0 Å². The largest absolute Gasteiger partial charge is 0.497 e. The molecule has 0 amide bonds. The van der Waals surface area contributed by atoms with Gasteiger partial charge in [0, 0.05) is 12.2 Å². The lowest BCUT2D eigenvalue weighted by molar-refractivity contribution is -0.134. The van der Waals surface area contributed by atoms with Crippen molar-refractivity contribution < 1.29 is 28.6 Å². The maximum Gasteiger partial charge on any atom is 0.336 e. The standard InChI is InChI=1S/C23H20O5.C3H4O/c1-5-22(24)27-16(2)6-7-17(3)28-23(25)13-9-18-8-10-20-15-21(26-4)12-11-19(20)14-18;1-2-3-4/h5-15H,1-3H2,4H3;2-3H,1H2/b7-6-,13-9-;. The summed E-state index contributed by atoms with van der Waals surface area (Å²) in [6, 6.07) is 11.5. The fourth-order valence-electron chi connectivity index (χ4n) is 2.23. The summed E-state index contributed by atoms with van der Waals surface area (Å²) in [7, 11) is 1.62. The van der Waals surface area contributed by atoms with Gasteiger partial charge in [-0.05, 0) is 58.8 Å². The lowest BCUT2D eigenvalue weighted by Gasteiger charge is -2.04. The van der Waals surface area contributed by atoms with E-state index in [1.54, 1.807) is 13.2 Å². The zero-order chi connectivity index (χ0) is 23.9. The molecule has 0 atom stereocenters. The van der Waals surface area contributed by atoms with Crippen molar-refractivity contribution in [3.8, 4) is 5.75 Å². The van der Waals surface area contributed by atoms with Crippen molar-refractivity contribution in [2.45, 2.75) is 0 Å². The third kappa shape index (κ3) is 9.37. The predicted octanol–water partition coefficient (Wildman–Crippen LogP) is 5.09. The van der Waals surface area contributed by atoms with Crippen LogP contribution in [0.5, 0.6) is 5.75 Å². The van der Waals surface area contributed by atoms with E-state index in [4.69, 9.17) is 19.0 Å². The Balaban J connectivity index is 0.00000118. The van der Waals surface area contributed by atoms with Gasteiger partial charge >= 0.3 is 11.9 Å². The van der Waals surface area contributed by atoms with Crippen molar-refractivity contribution in [1.82, 2.24) is 0 Å². The lowest BCUT2D eigenvalue weighted by atomic mass is 10.1. The first-order chi connectivity index (χ1) is 15.3. The quantitative estimate of drug-likeness (QED) is 0.181. The number of rotatable bonds is 9. The monoisotopic (exact) mass is 432 g/mol. The third-order valence-electron chi connectivity index (χ3n) is 3.66. The summed E-state index contributed by atoms with van der Waals surface area (Å²) < 4.78 is 15.0. The van der Waals surface area contributed by atoms with E-state index in [0.29, 0.717) is 6.29 Å². The van der Waals surface area contributed by atoms with Crippen LogP contribution >= 0.6 is 0 Å². The van der Waals surface area contributed by atoms with Crippen LogP contribution in [-0.2, 0) is 23.9 Å². The Hall–Kier alpha value is -4.45. The fraction of sp³-hybridized carbons (Fsp3) is 0.0385. The predicted molar refractivity (Wildman–Crippen MR) is 126 cm³/mol. The maximum absolute atomic E-state index is 11.9. The Morgan fingerprint density at radius 3 is 1.97 bits per heavy atom. The van der Waals surface area contributed by atoms with Crippen molar-refractivity contribution in [2.24, 2.45) is 0 Å². The van der Waals surface area contributed by atoms with Crippen molar-refractivity contribution in [1.29, 1.82) is 0 Å². The molecule has 2 rings (SSSR count). The van der Waals surface area contributed by atoms with E-state index in [1.165, 1.54) is 24.3 Å². The van der Waals surface area contributed by atoms with Crippen LogP contribution in [0, 0.1) is 0 Å². The van der Waals surface area contributed by atoms with E-state index in [2.05, 4.69) is 26.3 Å². The lowest BCUT2D eigenvalue weighted by Crippen LogP contribution is -1.99. The first kappa shape index (κ1) is 25.6. The molecule has 0 aliphatic heterocycles. The third-order valence-corrected chi connectivity index (χ3v) is 3.66. The number of ether oxygens (including phenoxy) is 3. The summed E-state index contributed by atoms with van der Waals surface area (Å²) in [5, 5.41) is 2.06. The van der Waals surface area contributed by atoms with Gasteiger partial charge < -0.3 is 14.2 Å². The van der Waals surface area contributed by atoms with E-state index in [0.717, 1.165) is 28.2 Å². The highest BCUT2D eigenvalue weighted by Crippen LogP contribution is 2.22. The van der Waals surface area contributed by atoms with Gasteiger partial charge in [-0.3, -0.25) is 4.79 Å². The van der Waals surface area contributed by atoms with E-state index < -0.39 is 11.9 Å². The first-order valence-corrected chi connectivity index (χ1v) is 9.27. The van der Waals surface area contributed by atoms with Crippen molar-refractivity contribution in [2.75, 3.05) is 7.11 Å². The average Bonchev–Trinajstić information content (AvgIpc) is 2.80. The van der Waals surface area contributed by atoms with Gasteiger partial charge in [0.05, 0.1) is 7.11 Å². The molecule has 164 valence electrons. The number of esters is 2. The number of hydrogen-bond acceptors (Lipinski definition) is 6. The molecule has 2 aromatic carbocycles. The minimum atomic E-state index is -0.631. The number of benzene rings is 2. The average molecular weight is 432 g/mol. The summed E-state index contributed by atoms with van der Waals surface area (Å²) in [6.07, 6.45) is 8.53. The van der Waals surface area contributed by atoms with Crippen LogP contribution in [0.25, 0.3) is 16.8 Å². The minimum absolute atomic E-state index is 0.0745. The SMILES string of the molecule is C=CC(=O)OC(=C)/C=C\C(=C)OC(=O)/C=C\c1ccc2cc(OC)ccc2c1.C=CC=O. The van der Waals surface area contributed by atoms with Gasteiger partial charge in [0.25, 0.3) is 0 Å². The zero-order valence-corrected chi connectivity index (χ0v) is 17.8. The summed E-state index contributed by atoms with van der Waals surface area (Å²) in [5.41, 5.74) is 0.848. The molecule has 6 heteroatoms. The molecule has 2 aromatic rings. The number of carbonyl (C=O) groups excluding carboxylic acids is 3. The number of fused-ring (bicyclic) bond motifs is 1. The molecule has 0 saturated carbocycles. The Bertz CT molecular complexity index is 1080. The van der Waals surface area contributed by atoms with Crippen LogP contribution in [0.4, 0.5) is 0 Å². The Morgan fingerprint density at radius 1 is 0.844 bits per heavy atom. The van der Waals surface area contributed by atoms with Crippen molar-refractivity contribution in [3.63, 3.8) is 0 Å². The fourth-order valence-corrected chi connectivity index (χ4v) is 2.23. The molecule has 0 aromatic heterocycles. The molecule has 0 N–H and O–H groups in total. The van der Waals surface area contributed by atoms with Crippen molar-refractivity contribution in [3.05, 3.63) is 110 Å². The van der Waals surface area contributed by atoms with Crippen molar-refractivity contribution >= 4 is 35.1 Å². The molecule has 0 aliphatic carbocycles. The van der Waals surface area contributed by atoms with Crippen LogP contribution in [0.1, 0.15) is 5.56 Å². The molecule has 0 fully saturated rings.